The van der Waals surface area contributed by atoms with E-state index in [9.17, 15) is 9.59 Å². The number of piperidine rings is 2. The fourth-order valence-electron chi connectivity index (χ4n) is 4.15. The summed E-state index contributed by atoms with van der Waals surface area (Å²) in [6.07, 6.45) is 7.17. The van der Waals surface area contributed by atoms with Gasteiger partial charge in [0.05, 0.1) is 0 Å². The second-order valence-corrected chi connectivity index (χ2v) is 8.69. The summed E-state index contributed by atoms with van der Waals surface area (Å²) in [5, 5.41) is 0. The first-order valence-corrected chi connectivity index (χ1v) is 9.25. The van der Waals surface area contributed by atoms with Gasteiger partial charge in [-0.1, -0.05) is 26.8 Å². The molecule has 2 amide bonds. The Bertz CT molecular complexity index is 638. The zero-order valence-electron chi connectivity index (χ0n) is 15.6. The van der Waals surface area contributed by atoms with E-state index in [1.807, 2.05) is 48.9 Å². The normalized spacial score (nSPS) is 24.7. The molecular weight excluding hydrogens is 314 g/mol. The molecule has 0 aromatic carbocycles. The number of rotatable bonds is 2. The fraction of sp³-hybridized carbons (Fsp3) is 0.650. The van der Waals surface area contributed by atoms with Gasteiger partial charge in [0.2, 0.25) is 11.8 Å². The van der Waals surface area contributed by atoms with Crippen molar-refractivity contribution >= 4 is 11.8 Å². The summed E-state index contributed by atoms with van der Waals surface area (Å²) in [6.45, 7) is 8.92. The van der Waals surface area contributed by atoms with Crippen LogP contribution in [0.25, 0.3) is 0 Å². The minimum atomic E-state index is -0.349. The largest absolute Gasteiger partial charge is 0.342 e. The van der Waals surface area contributed by atoms with Crippen molar-refractivity contribution in [2.75, 3.05) is 19.6 Å². The van der Waals surface area contributed by atoms with E-state index in [2.05, 4.69) is 4.98 Å². The topological polar surface area (TPSA) is 53.5 Å². The van der Waals surface area contributed by atoms with Crippen LogP contribution in [0.1, 0.15) is 52.0 Å². The Morgan fingerprint density at radius 2 is 2.08 bits per heavy atom. The van der Waals surface area contributed by atoms with Gasteiger partial charge < -0.3 is 9.80 Å². The molecule has 5 nitrogen and oxygen atoms in total. The molecule has 25 heavy (non-hydrogen) atoms. The highest BCUT2D eigenvalue weighted by Crippen LogP contribution is 2.40. The molecule has 1 aromatic rings. The molecule has 0 unspecified atom stereocenters. The van der Waals surface area contributed by atoms with E-state index in [0.717, 1.165) is 44.5 Å². The standard InChI is InChI=1S/C20H29N3O2/c1-19(2,3)18(25)22-11-5-8-20(14-22)9-7-17(24)23(15-20)13-16-6-4-10-21-12-16/h4,6,10,12H,5,7-9,11,13-15H2,1-3H3/t20-/m0/s1. The number of likely N-dealkylation sites (tertiary alicyclic amines) is 2. The SMILES string of the molecule is CC(C)(C)C(=O)N1CCC[C@]2(CCC(=O)N(Cc3cccnc3)C2)C1. The molecule has 0 aliphatic carbocycles. The molecule has 0 radical (unpaired) electrons. The summed E-state index contributed by atoms with van der Waals surface area (Å²) in [5.74, 6) is 0.441. The van der Waals surface area contributed by atoms with Gasteiger partial charge >= 0.3 is 0 Å². The first-order valence-electron chi connectivity index (χ1n) is 9.25. The first kappa shape index (κ1) is 17.9. The van der Waals surface area contributed by atoms with Crippen molar-refractivity contribution in [3.63, 3.8) is 0 Å². The van der Waals surface area contributed by atoms with Gasteiger partial charge in [-0.05, 0) is 30.9 Å². The zero-order valence-corrected chi connectivity index (χ0v) is 15.6. The number of amides is 2. The molecule has 1 atom stereocenters. The smallest absolute Gasteiger partial charge is 0.227 e. The second kappa shape index (κ2) is 6.77. The minimum absolute atomic E-state index is 0.0509. The molecule has 3 heterocycles. The van der Waals surface area contributed by atoms with Gasteiger partial charge in [-0.25, -0.2) is 0 Å². The molecule has 5 heteroatoms. The quantitative estimate of drug-likeness (QED) is 0.830. The Labute approximate surface area is 150 Å². The van der Waals surface area contributed by atoms with Gasteiger partial charge in [0.25, 0.3) is 0 Å². The highest BCUT2D eigenvalue weighted by molar-refractivity contribution is 5.82. The highest BCUT2D eigenvalue weighted by Gasteiger charge is 2.43. The third-order valence-corrected chi connectivity index (χ3v) is 5.43. The van der Waals surface area contributed by atoms with Crippen LogP contribution < -0.4 is 0 Å². The summed E-state index contributed by atoms with van der Waals surface area (Å²) < 4.78 is 0. The molecule has 2 aliphatic rings. The molecule has 2 saturated heterocycles. The average Bonchev–Trinajstić information content (AvgIpc) is 2.58. The van der Waals surface area contributed by atoms with Gasteiger partial charge in [-0.2, -0.15) is 0 Å². The monoisotopic (exact) mass is 343 g/mol. The van der Waals surface area contributed by atoms with Crippen LogP contribution in [-0.4, -0.2) is 46.2 Å². The van der Waals surface area contributed by atoms with E-state index in [1.54, 1.807) is 6.20 Å². The van der Waals surface area contributed by atoms with Gasteiger partial charge in [0.15, 0.2) is 0 Å². The van der Waals surface area contributed by atoms with Crippen molar-refractivity contribution in [2.45, 2.75) is 53.0 Å². The zero-order chi connectivity index (χ0) is 18.1. The molecule has 2 fully saturated rings. The lowest BCUT2D eigenvalue weighted by atomic mass is 9.73. The van der Waals surface area contributed by atoms with E-state index in [4.69, 9.17) is 0 Å². The predicted molar refractivity (Wildman–Crippen MR) is 96.6 cm³/mol. The van der Waals surface area contributed by atoms with Crippen LogP contribution in [0.15, 0.2) is 24.5 Å². The molecule has 0 N–H and O–H groups in total. The number of hydrogen-bond acceptors (Lipinski definition) is 3. The summed E-state index contributed by atoms with van der Waals surface area (Å²) in [6, 6.07) is 3.92. The van der Waals surface area contributed by atoms with Crippen molar-refractivity contribution in [1.82, 2.24) is 14.8 Å². The van der Waals surface area contributed by atoms with Crippen molar-refractivity contribution in [1.29, 1.82) is 0 Å². The first-order chi connectivity index (χ1) is 11.8. The maximum absolute atomic E-state index is 12.7. The molecule has 2 aliphatic heterocycles. The van der Waals surface area contributed by atoms with Crippen LogP contribution in [0.5, 0.6) is 0 Å². The van der Waals surface area contributed by atoms with Gasteiger partial charge in [0, 0.05) is 55.8 Å². The predicted octanol–water partition coefficient (Wildman–Crippen LogP) is 2.86. The van der Waals surface area contributed by atoms with Crippen LogP contribution in [0.3, 0.4) is 0 Å². The Kier molecular flexibility index (Phi) is 4.85. The van der Waals surface area contributed by atoms with Gasteiger partial charge in [0.1, 0.15) is 0 Å². The van der Waals surface area contributed by atoms with E-state index in [-0.39, 0.29) is 22.6 Å². The summed E-state index contributed by atoms with van der Waals surface area (Å²) in [7, 11) is 0. The number of nitrogens with zero attached hydrogens (tertiary/aromatic N) is 3. The molecule has 1 spiro atoms. The van der Waals surface area contributed by atoms with E-state index < -0.39 is 0 Å². The Morgan fingerprint density at radius 1 is 1.28 bits per heavy atom. The van der Waals surface area contributed by atoms with Crippen molar-refractivity contribution < 1.29 is 9.59 Å². The maximum Gasteiger partial charge on any atom is 0.227 e. The van der Waals surface area contributed by atoms with Crippen molar-refractivity contribution in [3.8, 4) is 0 Å². The summed E-state index contributed by atoms with van der Waals surface area (Å²) >= 11 is 0. The van der Waals surface area contributed by atoms with Crippen LogP contribution >= 0.6 is 0 Å². The average molecular weight is 343 g/mol. The third-order valence-electron chi connectivity index (χ3n) is 5.43. The fourth-order valence-corrected chi connectivity index (χ4v) is 4.15. The van der Waals surface area contributed by atoms with Crippen LogP contribution in [0, 0.1) is 10.8 Å². The van der Waals surface area contributed by atoms with Crippen molar-refractivity contribution in [2.24, 2.45) is 10.8 Å². The molecule has 0 bridgehead atoms. The Morgan fingerprint density at radius 3 is 2.76 bits per heavy atom. The lowest BCUT2D eigenvalue weighted by Gasteiger charge is -2.49. The Hall–Kier alpha value is -1.91. The summed E-state index contributed by atoms with van der Waals surface area (Å²) in [5.41, 5.74) is 0.763. The molecule has 136 valence electrons. The molecule has 3 rings (SSSR count). The highest BCUT2D eigenvalue weighted by atomic mass is 16.2. The van der Waals surface area contributed by atoms with E-state index in [1.165, 1.54) is 0 Å². The number of carbonyl (C=O) groups excluding carboxylic acids is 2. The van der Waals surface area contributed by atoms with Gasteiger partial charge in [-0.15, -0.1) is 0 Å². The lowest BCUT2D eigenvalue weighted by Crippen LogP contribution is -2.56. The number of pyridine rings is 1. The van der Waals surface area contributed by atoms with Crippen molar-refractivity contribution in [3.05, 3.63) is 30.1 Å². The van der Waals surface area contributed by atoms with Crippen LogP contribution in [-0.2, 0) is 16.1 Å². The molecule has 1 aromatic heterocycles. The number of carbonyl (C=O) groups is 2. The van der Waals surface area contributed by atoms with Crippen LogP contribution in [0.4, 0.5) is 0 Å². The summed E-state index contributed by atoms with van der Waals surface area (Å²) in [4.78, 5) is 33.3. The van der Waals surface area contributed by atoms with E-state index >= 15 is 0 Å². The lowest BCUT2D eigenvalue weighted by molar-refractivity contribution is -0.148. The Balaban J connectivity index is 1.72. The molecular formula is C20H29N3O2. The minimum Gasteiger partial charge on any atom is -0.342 e. The molecule has 0 saturated carbocycles. The second-order valence-electron chi connectivity index (χ2n) is 8.69. The van der Waals surface area contributed by atoms with Gasteiger partial charge in [-0.3, -0.25) is 14.6 Å². The maximum atomic E-state index is 12.7. The van der Waals surface area contributed by atoms with E-state index in [0.29, 0.717) is 13.0 Å². The number of aromatic nitrogens is 1. The third kappa shape index (κ3) is 4.02. The number of hydrogen-bond donors (Lipinski definition) is 0. The van der Waals surface area contributed by atoms with Crippen LogP contribution in [0.2, 0.25) is 0 Å².